The van der Waals surface area contributed by atoms with Crippen molar-refractivity contribution in [1.82, 2.24) is 9.55 Å². The molecule has 0 amide bonds. The summed E-state index contributed by atoms with van der Waals surface area (Å²) >= 11 is 5.83. The van der Waals surface area contributed by atoms with Crippen LogP contribution in [0.5, 0.6) is 5.75 Å². The zero-order chi connectivity index (χ0) is 14.5. The molecule has 0 spiro atoms. The van der Waals surface area contributed by atoms with Gasteiger partial charge in [-0.2, -0.15) is 0 Å². The molecule has 0 aliphatic rings. The molecule has 110 valence electrons. The van der Waals surface area contributed by atoms with Crippen LogP contribution >= 0.6 is 11.6 Å². The van der Waals surface area contributed by atoms with E-state index in [1.54, 1.807) is 6.07 Å². The van der Waals surface area contributed by atoms with Crippen LogP contribution in [0.1, 0.15) is 32.0 Å². The van der Waals surface area contributed by atoms with Gasteiger partial charge in [0.15, 0.2) is 11.6 Å². The second-order valence-corrected chi connectivity index (χ2v) is 5.18. The van der Waals surface area contributed by atoms with Gasteiger partial charge >= 0.3 is 0 Å². The highest BCUT2D eigenvalue weighted by atomic mass is 35.5. The Balaban J connectivity index is 2.45. The molecule has 0 radical (unpaired) electrons. The van der Waals surface area contributed by atoms with E-state index in [-0.39, 0.29) is 11.6 Å². The predicted molar refractivity (Wildman–Crippen MR) is 80.2 cm³/mol. The average molecular weight is 299 g/mol. The van der Waals surface area contributed by atoms with Crippen LogP contribution in [0.4, 0.5) is 4.39 Å². The maximum atomic E-state index is 13.8. The van der Waals surface area contributed by atoms with Crippen molar-refractivity contribution < 1.29 is 9.13 Å². The fraction of sp³-hybridized carbons (Fsp3) is 0.533. The number of benzene rings is 1. The van der Waals surface area contributed by atoms with Crippen LogP contribution in [0.15, 0.2) is 12.1 Å². The summed E-state index contributed by atoms with van der Waals surface area (Å²) in [6, 6.07) is 3.16. The van der Waals surface area contributed by atoms with E-state index in [1.165, 1.54) is 13.2 Å². The third-order valence-corrected chi connectivity index (χ3v) is 3.59. The molecule has 5 heteroatoms. The molecule has 0 aliphatic carbocycles. The number of aromatic nitrogens is 2. The Morgan fingerprint density at radius 1 is 1.35 bits per heavy atom. The van der Waals surface area contributed by atoms with E-state index in [0.717, 1.165) is 37.1 Å². The summed E-state index contributed by atoms with van der Waals surface area (Å²) in [5, 5.41) is 0. The first-order valence-electron chi connectivity index (χ1n) is 6.99. The third kappa shape index (κ3) is 3.06. The zero-order valence-electron chi connectivity index (χ0n) is 12.0. The highest BCUT2D eigenvalue weighted by molar-refractivity contribution is 6.17. The molecule has 0 bridgehead atoms. The van der Waals surface area contributed by atoms with Crippen LogP contribution < -0.4 is 4.74 Å². The number of nitrogens with zero attached hydrogens (tertiary/aromatic N) is 2. The SMILES string of the molecule is CCCCCn1c(CCCl)nc2cc(F)c(OC)cc21. The minimum absolute atomic E-state index is 0.256. The smallest absolute Gasteiger partial charge is 0.167 e. The number of unbranched alkanes of at least 4 members (excludes halogenated alkanes) is 2. The summed E-state index contributed by atoms with van der Waals surface area (Å²) in [6.07, 6.45) is 4.09. The Hall–Kier alpha value is -1.29. The van der Waals surface area contributed by atoms with E-state index in [9.17, 15) is 4.39 Å². The molecule has 20 heavy (non-hydrogen) atoms. The van der Waals surface area contributed by atoms with Crippen molar-refractivity contribution in [3.05, 3.63) is 23.8 Å². The Kier molecular flexibility index (Phi) is 5.24. The lowest BCUT2D eigenvalue weighted by Gasteiger charge is -2.09. The second kappa shape index (κ2) is 6.93. The number of alkyl halides is 1. The third-order valence-electron chi connectivity index (χ3n) is 3.40. The van der Waals surface area contributed by atoms with Crippen LogP contribution in [0.3, 0.4) is 0 Å². The molecule has 2 aromatic rings. The number of hydrogen-bond donors (Lipinski definition) is 0. The highest BCUT2D eigenvalue weighted by Gasteiger charge is 2.14. The van der Waals surface area contributed by atoms with Crippen molar-refractivity contribution >= 4 is 22.6 Å². The molecule has 0 saturated carbocycles. The largest absolute Gasteiger partial charge is 0.494 e. The maximum absolute atomic E-state index is 13.8. The number of fused-ring (bicyclic) bond motifs is 1. The van der Waals surface area contributed by atoms with Gasteiger partial charge in [0.05, 0.1) is 18.1 Å². The minimum Gasteiger partial charge on any atom is -0.494 e. The Morgan fingerprint density at radius 2 is 2.15 bits per heavy atom. The van der Waals surface area contributed by atoms with Crippen LogP contribution in [-0.2, 0) is 13.0 Å². The maximum Gasteiger partial charge on any atom is 0.167 e. The molecule has 1 aromatic carbocycles. The minimum atomic E-state index is -0.379. The fourth-order valence-corrected chi connectivity index (χ4v) is 2.55. The fourth-order valence-electron chi connectivity index (χ4n) is 2.38. The average Bonchev–Trinajstić information content (AvgIpc) is 2.75. The Bertz CT molecular complexity index is 583. The molecule has 0 N–H and O–H groups in total. The monoisotopic (exact) mass is 298 g/mol. The van der Waals surface area contributed by atoms with Crippen molar-refractivity contribution in [3.8, 4) is 5.75 Å². The van der Waals surface area contributed by atoms with E-state index >= 15 is 0 Å². The standard InChI is InChI=1S/C15H20ClFN2O/c1-3-4-5-8-19-13-10-14(20-2)11(17)9-12(13)18-15(19)6-7-16/h9-10H,3-8H2,1-2H3. The Labute approximate surface area is 123 Å². The van der Waals surface area contributed by atoms with Gasteiger partial charge in [-0.25, -0.2) is 9.37 Å². The molecule has 0 aliphatic heterocycles. The van der Waals surface area contributed by atoms with Gasteiger partial charge in [0, 0.05) is 31.0 Å². The summed E-state index contributed by atoms with van der Waals surface area (Å²) in [5.41, 5.74) is 1.58. The molecule has 3 nitrogen and oxygen atoms in total. The van der Waals surface area contributed by atoms with Gasteiger partial charge in [-0.3, -0.25) is 0 Å². The van der Waals surface area contributed by atoms with Crippen LogP contribution in [0, 0.1) is 5.82 Å². The van der Waals surface area contributed by atoms with Crippen molar-refractivity contribution in [3.63, 3.8) is 0 Å². The first-order chi connectivity index (χ1) is 9.71. The van der Waals surface area contributed by atoms with Gasteiger partial charge in [-0.05, 0) is 6.42 Å². The molecule has 0 saturated heterocycles. The van der Waals surface area contributed by atoms with Crippen LogP contribution in [0.25, 0.3) is 11.0 Å². The molecular weight excluding hydrogens is 279 g/mol. The number of halogens is 2. The summed E-state index contributed by atoms with van der Waals surface area (Å²) in [7, 11) is 1.47. The van der Waals surface area contributed by atoms with Crippen molar-refractivity contribution in [2.75, 3.05) is 13.0 Å². The number of aryl methyl sites for hydroxylation is 2. The number of methoxy groups -OCH3 is 1. The van der Waals surface area contributed by atoms with Gasteiger partial charge in [0.2, 0.25) is 0 Å². The summed E-state index contributed by atoms with van der Waals surface area (Å²) < 4.78 is 20.9. The quantitative estimate of drug-likeness (QED) is 0.567. The first-order valence-corrected chi connectivity index (χ1v) is 7.53. The van der Waals surface area contributed by atoms with Crippen molar-refractivity contribution in [2.24, 2.45) is 0 Å². The van der Waals surface area contributed by atoms with Gasteiger partial charge in [0.25, 0.3) is 0 Å². The Morgan fingerprint density at radius 3 is 2.80 bits per heavy atom. The van der Waals surface area contributed by atoms with E-state index in [1.807, 2.05) is 0 Å². The van der Waals surface area contributed by atoms with E-state index in [2.05, 4.69) is 16.5 Å². The second-order valence-electron chi connectivity index (χ2n) is 4.80. The topological polar surface area (TPSA) is 27.1 Å². The number of hydrogen-bond acceptors (Lipinski definition) is 2. The van der Waals surface area contributed by atoms with Crippen molar-refractivity contribution in [1.29, 1.82) is 0 Å². The lowest BCUT2D eigenvalue weighted by molar-refractivity contribution is 0.387. The lowest BCUT2D eigenvalue weighted by atomic mass is 10.2. The molecule has 0 fully saturated rings. The van der Waals surface area contributed by atoms with E-state index in [4.69, 9.17) is 16.3 Å². The molecule has 1 heterocycles. The van der Waals surface area contributed by atoms with Crippen LogP contribution in [-0.4, -0.2) is 22.5 Å². The van der Waals surface area contributed by atoms with E-state index < -0.39 is 0 Å². The normalized spacial score (nSPS) is 11.2. The summed E-state index contributed by atoms with van der Waals surface area (Å²) in [4.78, 5) is 4.50. The lowest BCUT2D eigenvalue weighted by Crippen LogP contribution is -2.05. The molecule has 0 atom stereocenters. The summed E-state index contributed by atoms with van der Waals surface area (Å²) in [6.45, 7) is 3.05. The first kappa shape index (κ1) is 15.1. The van der Waals surface area contributed by atoms with Crippen LogP contribution in [0.2, 0.25) is 0 Å². The van der Waals surface area contributed by atoms with Gasteiger partial charge in [0.1, 0.15) is 5.82 Å². The number of imidazole rings is 1. The summed E-state index contributed by atoms with van der Waals surface area (Å²) in [5.74, 6) is 1.30. The molecular formula is C15H20ClFN2O. The van der Waals surface area contributed by atoms with Gasteiger partial charge in [-0.15, -0.1) is 11.6 Å². The van der Waals surface area contributed by atoms with Crippen molar-refractivity contribution in [2.45, 2.75) is 39.2 Å². The molecule has 2 rings (SSSR count). The van der Waals surface area contributed by atoms with E-state index in [0.29, 0.717) is 17.8 Å². The number of ether oxygens (including phenoxy) is 1. The predicted octanol–water partition coefficient (Wildman–Crippen LogP) is 4.16. The number of rotatable bonds is 7. The van der Waals surface area contributed by atoms with Gasteiger partial charge < -0.3 is 9.30 Å². The van der Waals surface area contributed by atoms with Gasteiger partial charge in [-0.1, -0.05) is 19.8 Å². The highest BCUT2D eigenvalue weighted by Crippen LogP contribution is 2.26. The zero-order valence-corrected chi connectivity index (χ0v) is 12.7. The molecule has 0 unspecified atom stereocenters. The molecule has 1 aromatic heterocycles.